The van der Waals surface area contributed by atoms with Gasteiger partial charge in [0.2, 0.25) is 0 Å². The third kappa shape index (κ3) is 2.57. The maximum absolute atomic E-state index is 5.98. The van der Waals surface area contributed by atoms with Gasteiger partial charge in [0.05, 0.1) is 6.10 Å². The van der Waals surface area contributed by atoms with Crippen LogP contribution in [0.1, 0.15) is 17.5 Å². The summed E-state index contributed by atoms with van der Waals surface area (Å²) in [5, 5.41) is 0.788. The van der Waals surface area contributed by atoms with E-state index in [9.17, 15) is 0 Å². The summed E-state index contributed by atoms with van der Waals surface area (Å²) in [5.41, 5.74) is 2.57. The molecule has 0 N–H and O–H groups in total. The van der Waals surface area contributed by atoms with E-state index >= 15 is 0 Å². The molecular weight excluding hydrogens is 228 g/mol. The van der Waals surface area contributed by atoms with Crippen molar-refractivity contribution in [1.82, 2.24) is 0 Å². The molecule has 15 heavy (non-hydrogen) atoms. The number of benzene rings is 1. The monoisotopic (exact) mass is 240 g/mol. The zero-order valence-electron chi connectivity index (χ0n) is 8.63. The SMILES string of the molecule is COC1CC(=S)Cc2ccc(Cl)cc2C1. The van der Waals surface area contributed by atoms with Crippen LogP contribution < -0.4 is 0 Å². The van der Waals surface area contributed by atoms with E-state index in [4.69, 9.17) is 28.6 Å². The first-order valence-electron chi connectivity index (χ1n) is 5.01. The molecule has 0 aliphatic heterocycles. The minimum absolute atomic E-state index is 0.206. The minimum atomic E-state index is 0.206. The quantitative estimate of drug-likeness (QED) is 0.551. The van der Waals surface area contributed by atoms with E-state index < -0.39 is 0 Å². The average Bonchev–Trinajstić information content (AvgIpc) is 2.35. The van der Waals surface area contributed by atoms with E-state index in [1.807, 2.05) is 12.1 Å². The Labute approximate surface area is 100 Å². The van der Waals surface area contributed by atoms with Crippen molar-refractivity contribution >= 4 is 28.7 Å². The summed E-state index contributed by atoms with van der Waals surface area (Å²) in [6.45, 7) is 0. The van der Waals surface area contributed by atoms with Crippen molar-refractivity contribution in [3.8, 4) is 0 Å². The molecule has 3 heteroatoms. The fourth-order valence-electron chi connectivity index (χ4n) is 1.98. The standard InChI is InChI=1S/C12H13ClOS/c1-14-11-5-9-4-10(13)3-2-8(9)6-12(15)7-11/h2-4,11H,5-7H2,1H3. The van der Waals surface area contributed by atoms with Gasteiger partial charge in [0.15, 0.2) is 0 Å². The van der Waals surface area contributed by atoms with Gasteiger partial charge in [-0.15, -0.1) is 0 Å². The maximum atomic E-state index is 5.98. The molecule has 0 amide bonds. The summed E-state index contributed by atoms with van der Waals surface area (Å²) in [4.78, 5) is 1.07. The minimum Gasteiger partial charge on any atom is -0.381 e. The first-order chi connectivity index (χ1) is 7.19. The normalized spacial score (nSPS) is 20.9. The molecule has 0 saturated heterocycles. The van der Waals surface area contributed by atoms with E-state index in [2.05, 4.69) is 6.07 Å². The Hall–Kier alpha value is -0.440. The second-order valence-corrected chi connectivity index (χ2v) is 4.91. The molecular formula is C12H13ClOS. The van der Waals surface area contributed by atoms with Gasteiger partial charge in [-0.2, -0.15) is 0 Å². The number of fused-ring (bicyclic) bond motifs is 1. The Morgan fingerprint density at radius 2 is 2.13 bits per heavy atom. The van der Waals surface area contributed by atoms with Crippen molar-refractivity contribution in [2.24, 2.45) is 0 Å². The maximum Gasteiger partial charge on any atom is 0.0657 e. The lowest BCUT2D eigenvalue weighted by Gasteiger charge is -2.12. The topological polar surface area (TPSA) is 9.23 Å². The molecule has 0 aromatic heterocycles. The molecule has 0 fully saturated rings. The second-order valence-electron chi connectivity index (χ2n) is 3.89. The number of halogens is 1. The lowest BCUT2D eigenvalue weighted by molar-refractivity contribution is 0.110. The van der Waals surface area contributed by atoms with Gasteiger partial charge in [-0.05, 0) is 34.5 Å². The third-order valence-corrected chi connectivity index (χ3v) is 3.34. The number of thiocarbonyl (C=S) groups is 1. The van der Waals surface area contributed by atoms with Crippen molar-refractivity contribution < 1.29 is 4.74 Å². The van der Waals surface area contributed by atoms with Crippen LogP contribution in [-0.4, -0.2) is 18.1 Å². The Bertz CT molecular complexity index is 389. The van der Waals surface area contributed by atoms with Gasteiger partial charge in [-0.3, -0.25) is 0 Å². The van der Waals surface area contributed by atoms with Gasteiger partial charge < -0.3 is 4.74 Å². The van der Waals surface area contributed by atoms with Crippen LogP contribution in [0.15, 0.2) is 18.2 Å². The molecule has 0 spiro atoms. The Kier molecular flexibility index (Phi) is 3.39. The fraction of sp³-hybridized carbons (Fsp3) is 0.417. The highest BCUT2D eigenvalue weighted by Crippen LogP contribution is 2.24. The molecule has 0 radical (unpaired) electrons. The molecule has 0 heterocycles. The molecule has 2 rings (SSSR count). The van der Waals surface area contributed by atoms with E-state index in [0.717, 1.165) is 29.1 Å². The molecule has 80 valence electrons. The van der Waals surface area contributed by atoms with E-state index in [0.29, 0.717) is 0 Å². The van der Waals surface area contributed by atoms with Crippen LogP contribution in [0.4, 0.5) is 0 Å². The summed E-state index contributed by atoms with van der Waals surface area (Å²) in [6.07, 6.45) is 2.86. The largest absolute Gasteiger partial charge is 0.381 e. The summed E-state index contributed by atoms with van der Waals surface area (Å²) >= 11 is 11.3. The van der Waals surface area contributed by atoms with E-state index in [1.165, 1.54) is 11.1 Å². The zero-order chi connectivity index (χ0) is 10.8. The molecule has 1 atom stereocenters. The summed E-state index contributed by atoms with van der Waals surface area (Å²) in [5.74, 6) is 0. The predicted molar refractivity (Wildman–Crippen MR) is 66.9 cm³/mol. The van der Waals surface area contributed by atoms with Gasteiger partial charge in [0.1, 0.15) is 0 Å². The molecule has 1 nitrogen and oxygen atoms in total. The number of methoxy groups -OCH3 is 1. The Morgan fingerprint density at radius 3 is 2.87 bits per heavy atom. The van der Waals surface area contributed by atoms with Crippen LogP contribution in [0, 0.1) is 0 Å². The van der Waals surface area contributed by atoms with Gasteiger partial charge >= 0.3 is 0 Å². The molecule has 1 aliphatic carbocycles. The van der Waals surface area contributed by atoms with Crippen molar-refractivity contribution in [1.29, 1.82) is 0 Å². The highest BCUT2D eigenvalue weighted by Gasteiger charge is 2.19. The number of rotatable bonds is 1. The highest BCUT2D eigenvalue weighted by atomic mass is 35.5. The first kappa shape index (κ1) is 11.1. The number of hydrogen-bond donors (Lipinski definition) is 0. The Morgan fingerprint density at radius 1 is 1.33 bits per heavy atom. The lowest BCUT2D eigenvalue weighted by Crippen LogP contribution is -2.15. The van der Waals surface area contributed by atoms with Crippen molar-refractivity contribution in [2.75, 3.05) is 7.11 Å². The van der Waals surface area contributed by atoms with Crippen LogP contribution >= 0.6 is 23.8 Å². The molecule has 1 aromatic carbocycles. The molecule has 0 saturated carbocycles. The van der Waals surface area contributed by atoms with Crippen LogP contribution in [0.3, 0.4) is 0 Å². The van der Waals surface area contributed by atoms with Crippen molar-refractivity contribution in [2.45, 2.75) is 25.4 Å². The third-order valence-electron chi connectivity index (χ3n) is 2.79. The van der Waals surface area contributed by atoms with Crippen LogP contribution in [-0.2, 0) is 17.6 Å². The van der Waals surface area contributed by atoms with Gasteiger partial charge in [-0.1, -0.05) is 29.9 Å². The lowest BCUT2D eigenvalue weighted by atomic mass is 10.0. The van der Waals surface area contributed by atoms with Crippen molar-refractivity contribution in [3.63, 3.8) is 0 Å². The molecule has 1 aliphatic rings. The van der Waals surface area contributed by atoms with E-state index in [1.54, 1.807) is 7.11 Å². The fourth-order valence-corrected chi connectivity index (χ4v) is 2.52. The van der Waals surface area contributed by atoms with Crippen LogP contribution in [0.5, 0.6) is 0 Å². The highest BCUT2D eigenvalue weighted by molar-refractivity contribution is 7.80. The zero-order valence-corrected chi connectivity index (χ0v) is 10.2. The average molecular weight is 241 g/mol. The summed E-state index contributed by atoms with van der Waals surface area (Å²) in [7, 11) is 1.74. The van der Waals surface area contributed by atoms with Crippen LogP contribution in [0.2, 0.25) is 5.02 Å². The first-order valence-corrected chi connectivity index (χ1v) is 5.79. The second kappa shape index (κ2) is 4.60. The smallest absolute Gasteiger partial charge is 0.0657 e. The summed E-state index contributed by atoms with van der Waals surface area (Å²) < 4.78 is 5.41. The Balaban J connectivity index is 2.36. The van der Waals surface area contributed by atoms with Crippen molar-refractivity contribution in [3.05, 3.63) is 34.3 Å². The van der Waals surface area contributed by atoms with Crippen LogP contribution in [0.25, 0.3) is 0 Å². The van der Waals surface area contributed by atoms with Gasteiger partial charge in [0.25, 0.3) is 0 Å². The molecule has 1 unspecified atom stereocenters. The molecule has 1 aromatic rings. The molecule has 0 bridgehead atoms. The summed E-state index contributed by atoms with van der Waals surface area (Å²) in [6, 6.07) is 6.02. The number of ether oxygens (including phenoxy) is 1. The van der Waals surface area contributed by atoms with Gasteiger partial charge in [-0.25, -0.2) is 0 Å². The predicted octanol–water partition coefficient (Wildman–Crippen LogP) is 3.21. The number of hydrogen-bond acceptors (Lipinski definition) is 2. The van der Waals surface area contributed by atoms with E-state index in [-0.39, 0.29) is 6.10 Å². The van der Waals surface area contributed by atoms with Gasteiger partial charge in [0, 0.05) is 25.0 Å².